The molecule has 0 fully saturated rings. The molecule has 0 N–H and O–H groups in total. The average molecular weight is 154 g/mol. The second kappa shape index (κ2) is 4.74. The fraction of sp³-hybridized carbons (Fsp3) is 0.667. The summed E-state index contributed by atoms with van der Waals surface area (Å²) in [6.07, 6.45) is 0. The molecular weight excluding hydrogens is 143 g/mol. The fourth-order valence-electron chi connectivity index (χ4n) is 0.342. The van der Waals surface area contributed by atoms with E-state index in [2.05, 4.69) is 11.3 Å². The van der Waals surface area contributed by atoms with Crippen molar-refractivity contribution in [2.75, 3.05) is 0 Å². The molecule has 0 saturated carbocycles. The van der Waals surface area contributed by atoms with Gasteiger partial charge in [0, 0.05) is 11.5 Å². The predicted octanol–water partition coefficient (Wildman–Crippen LogP) is -2.36. The summed E-state index contributed by atoms with van der Waals surface area (Å²) in [5.41, 5.74) is -0.390. The van der Waals surface area contributed by atoms with Crippen LogP contribution in [0.4, 0.5) is 0 Å². The van der Waals surface area contributed by atoms with E-state index in [0.717, 1.165) is 0 Å². The average Bonchev–Trinajstić information content (AvgIpc) is 1.21. The minimum absolute atomic E-state index is 0. The Morgan fingerprint density at radius 2 is 1.78 bits per heavy atom. The van der Waals surface area contributed by atoms with Gasteiger partial charge in [-0.1, -0.05) is 27.4 Å². The SMILES string of the molecule is C=C([O-])OC(C)(C)C.[K+]. The number of hydrogen-bond donors (Lipinski definition) is 0. The van der Waals surface area contributed by atoms with Gasteiger partial charge in [-0.15, -0.1) is 0 Å². The summed E-state index contributed by atoms with van der Waals surface area (Å²) in [5.74, 6) is -0.475. The Bertz CT molecular complexity index is 93.7. The van der Waals surface area contributed by atoms with Crippen molar-refractivity contribution in [3.63, 3.8) is 0 Å². The maximum atomic E-state index is 10.1. The number of rotatable bonds is 1. The van der Waals surface area contributed by atoms with E-state index in [1.165, 1.54) is 0 Å². The first-order chi connectivity index (χ1) is 3.42. The number of hydrogen-bond acceptors (Lipinski definition) is 2. The van der Waals surface area contributed by atoms with Crippen LogP contribution < -0.4 is 56.5 Å². The molecule has 0 spiro atoms. The van der Waals surface area contributed by atoms with Crippen molar-refractivity contribution in [2.24, 2.45) is 0 Å². The van der Waals surface area contributed by atoms with Crippen molar-refractivity contribution >= 4 is 0 Å². The van der Waals surface area contributed by atoms with E-state index in [9.17, 15) is 5.11 Å². The Labute approximate surface area is 98.7 Å². The Kier molecular flexibility index (Phi) is 6.65. The maximum absolute atomic E-state index is 10.1. The van der Waals surface area contributed by atoms with Gasteiger partial charge in [0.1, 0.15) is 0 Å². The molecule has 0 bridgehead atoms. The third-order valence-corrected chi connectivity index (χ3v) is 0.420. The van der Waals surface area contributed by atoms with Crippen molar-refractivity contribution in [2.45, 2.75) is 26.4 Å². The monoisotopic (exact) mass is 154 g/mol. The van der Waals surface area contributed by atoms with Crippen molar-refractivity contribution in [1.29, 1.82) is 0 Å². The zero-order chi connectivity index (χ0) is 6.78. The summed E-state index contributed by atoms with van der Waals surface area (Å²) >= 11 is 0. The Hall–Kier alpha value is 0.976. The molecule has 48 valence electrons. The van der Waals surface area contributed by atoms with Crippen LogP contribution in [0, 0.1) is 0 Å². The quantitative estimate of drug-likeness (QED) is 0.312. The molecule has 0 aliphatic heterocycles. The first-order valence-electron chi connectivity index (χ1n) is 2.47. The standard InChI is InChI=1S/C6H12O2.K/c1-5(7)8-6(2,3)4;/h7H,1H2,2-4H3;/q;+1/p-1. The van der Waals surface area contributed by atoms with Gasteiger partial charge in [-0.05, 0) is 0 Å². The van der Waals surface area contributed by atoms with Crippen LogP contribution in [0.25, 0.3) is 0 Å². The second-order valence-corrected chi connectivity index (χ2v) is 2.59. The summed E-state index contributed by atoms with van der Waals surface area (Å²) in [6.45, 7) is 8.47. The fourth-order valence-corrected chi connectivity index (χ4v) is 0.342. The summed E-state index contributed by atoms with van der Waals surface area (Å²) in [7, 11) is 0. The topological polar surface area (TPSA) is 32.3 Å². The van der Waals surface area contributed by atoms with Crippen molar-refractivity contribution in [3.8, 4) is 0 Å². The summed E-state index contributed by atoms with van der Waals surface area (Å²) in [4.78, 5) is 0. The first-order valence-corrected chi connectivity index (χ1v) is 2.47. The molecule has 0 aromatic rings. The van der Waals surface area contributed by atoms with E-state index in [4.69, 9.17) is 0 Å². The van der Waals surface area contributed by atoms with Crippen LogP contribution in [0.3, 0.4) is 0 Å². The molecule has 2 nitrogen and oxygen atoms in total. The van der Waals surface area contributed by atoms with Gasteiger partial charge < -0.3 is 9.84 Å². The number of ether oxygens (including phenoxy) is 1. The van der Waals surface area contributed by atoms with Gasteiger partial charge in [-0.3, -0.25) is 0 Å². The predicted molar refractivity (Wildman–Crippen MR) is 30.0 cm³/mol. The molecule has 0 atom stereocenters. The molecule has 9 heavy (non-hydrogen) atoms. The minimum Gasteiger partial charge on any atom is -0.608 e. The molecule has 0 unspecified atom stereocenters. The molecule has 0 rings (SSSR count). The van der Waals surface area contributed by atoms with E-state index in [-0.39, 0.29) is 51.4 Å². The van der Waals surface area contributed by atoms with E-state index in [0.29, 0.717) is 0 Å². The van der Waals surface area contributed by atoms with Crippen LogP contribution in [0.15, 0.2) is 12.5 Å². The van der Waals surface area contributed by atoms with Gasteiger partial charge in [-0.25, -0.2) is 0 Å². The molecule has 0 aliphatic carbocycles. The molecule has 0 radical (unpaired) electrons. The van der Waals surface area contributed by atoms with E-state index < -0.39 is 11.5 Å². The Morgan fingerprint density at radius 1 is 1.44 bits per heavy atom. The van der Waals surface area contributed by atoms with Crippen molar-refractivity contribution < 1.29 is 61.2 Å². The second-order valence-electron chi connectivity index (χ2n) is 2.59. The molecule has 0 heterocycles. The molecule has 0 aliphatic rings. The molecular formula is C6H11KO2. The van der Waals surface area contributed by atoms with E-state index in [1.807, 2.05) is 0 Å². The smallest absolute Gasteiger partial charge is 0.608 e. The van der Waals surface area contributed by atoms with Gasteiger partial charge in [-0.2, -0.15) is 0 Å². The third-order valence-electron chi connectivity index (χ3n) is 0.420. The molecule has 0 aromatic heterocycles. The summed E-state index contributed by atoms with van der Waals surface area (Å²) < 4.78 is 4.69. The van der Waals surface area contributed by atoms with Crippen LogP contribution in [0.5, 0.6) is 0 Å². The Balaban J connectivity index is 0. The van der Waals surface area contributed by atoms with Gasteiger partial charge in [0.15, 0.2) is 0 Å². The zero-order valence-corrected chi connectivity index (χ0v) is 9.65. The normalized spacial score (nSPS) is 9.67. The van der Waals surface area contributed by atoms with Crippen LogP contribution >= 0.6 is 0 Å². The molecule has 0 saturated heterocycles. The summed E-state index contributed by atoms with van der Waals surface area (Å²) in [5, 5.41) is 10.1. The molecule has 3 heteroatoms. The Morgan fingerprint density at radius 3 is 1.78 bits per heavy atom. The van der Waals surface area contributed by atoms with Gasteiger partial charge in [0.2, 0.25) is 0 Å². The van der Waals surface area contributed by atoms with Crippen LogP contribution in [0.2, 0.25) is 0 Å². The first kappa shape index (κ1) is 12.6. The summed E-state index contributed by atoms with van der Waals surface area (Å²) in [6, 6.07) is 0. The van der Waals surface area contributed by atoms with E-state index >= 15 is 0 Å². The van der Waals surface area contributed by atoms with E-state index in [1.54, 1.807) is 20.8 Å². The van der Waals surface area contributed by atoms with Crippen LogP contribution in [0.1, 0.15) is 20.8 Å². The minimum atomic E-state index is -0.475. The molecule has 0 amide bonds. The maximum Gasteiger partial charge on any atom is 1.00 e. The third kappa shape index (κ3) is 12.2. The van der Waals surface area contributed by atoms with Crippen molar-refractivity contribution in [1.82, 2.24) is 0 Å². The van der Waals surface area contributed by atoms with Crippen molar-refractivity contribution in [3.05, 3.63) is 12.5 Å². The molecule has 0 aromatic carbocycles. The van der Waals surface area contributed by atoms with Gasteiger partial charge in [0.05, 0.1) is 0 Å². The van der Waals surface area contributed by atoms with Gasteiger partial charge >= 0.3 is 51.4 Å². The largest absolute Gasteiger partial charge is 1.00 e. The van der Waals surface area contributed by atoms with Crippen LogP contribution in [-0.4, -0.2) is 5.60 Å². The van der Waals surface area contributed by atoms with Gasteiger partial charge in [0.25, 0.3) is 0 Å². The van der Waals surface area contributed by atoms with Crippen LogP contribution in [-0.2, 0) is 4.74 Å². The zero-order valence-electron chi connectivity index (χ0n) is 6.52.